The zero-order valence-electron chi connectivity index (χ0n) is 11.6. The van der Waals surface area contributed by atoms with Crippen LogP contribution in [0.5, 0.6) is 11.5 Å². The van der Waals surface area contributed by atoms with Gasteiger partial charge in [0.15, 0.2) is 0 Å². The molecule has 20 heavy (non-hydrogen) atoms. The second-order valence-corrected chi connectivity index (χ2v) is 6.16. The van der Waals surface area contributed by atoms with Crippen molar-refractivity contribution in [1.82, 2.24) is 0 Å². The second kappa shape index (κ2) is 6.64. The molecule has 0 amide bonds. The molecule has 0 aliphatic carbocycles. The number of hydrogen-bond donors (Lipinski definition) is 0. The van der Waals surface area contributed by atoms with Crippen LogP contribution in [0.4, 0.5) is 0 Å². The molecule has 0 heterocycles. The molecule has 0 aliphatic heterocycles. The van der Waals surface area contributed by atoms with Crippen LogP contribution in [-0.4, -0.2) is 14.2 Å². The number of methoxy groups -OCH3 is 2. The van der Waals surface area contributed by atoms with Crippen molar-refractivity contribution in [1.29, 1.82) is 0 Å². The molecule has 4 heteroatoms. The van der Waals surface area contributed by atoms with Gasteiger partial charge in [0.05, 0.1) is 19.0 Å². The Morgan fingerprint density at radius 1 is 1.00 bits per heavy atom. The topological polar surface area (TPSA) is 18.5 Å². The highest BCUT2D eigenvalue weighted by Gasteiger charge is 2.18. The first kappa shape index (κ1) is 15.4. The minimum Gasteiger partial charge on any atom is -0.497 e. The second-order valence-electron chi connectivity index (χ2n) is 4.45. The molecule has 0 fully saturated rings. The van der Waals surface area contributed by atoms with Gasteiger partial charge in [0.1, 0.15) is 11.5 Å². The molecule has 0 bridgehead atoms. The van der Waals surface area contributed by atoms with Crippen molar-refractivity contribution in [2.75, 3.05) is 14.2 Å². The molecule has 1 unspecified atom stereocenters. The van der Waals surface area contributed by atoms with Gasteiger partial charge < -0.3 is 9.47 Å². The Hall–Kier alpha value is -1.00. The Bertz CT molecular complexity index is 611. The predicted octanol–water partition coefficient (Wildman–Crippen LogP) is 5.26. The number of hydrogen-bond acceptors (Lipinski definition) is 2. The quantitative estimate of drug-likeness (QED) is 0.653. The SMILES string of the molecule is COc1ccc(C(Br)c2cccc(C)c2Br)c(OC)c1. The lowest BCUT2D eigenvalue weighted by Gasteiger charge is -2.17. The zero-order chi connectivity index (χ0) is 14.7. The third-order valence-electron chi connectivity index (χ3n) is 3.21. The summed E-state index contributed by atoms with van der Waals surface area (Å²) in [7, 11) is 3.32. The number of ether oxygens (including phenoxy) is 2. The molecule has 0 N–H and O–H groups in total. The number of alkyl halides is 1. The highest BCUT2D eigenvalue weighted by molar-refractivity contribution is 9.11. The van der Waals surface area contributed by atoms with Gasteiger partial charge in [-0.05, 0) is 24.1 Å². The van der Waals surface area contributed by atoms with Gasteiger partial charge in [0.25, 0.3) is 0 Å². The average molecular weight is 400 g/mol. The fourth-order valence-electron chi connectivity index (χ4n) is 2.06. The lowest BCUT2D eigenvalue weighted by Crippen LogP contribution is -1.99. The van der Waals surface area contributed by atoms with E-state index in [0.29, 0.717) is 0 Å². The minimum atomic E-state index is 0.0534. The Morgan fingerprint density at radius 2 is 1.75 bits per heavy atom. The van der Waals surface area contributed by atoms with E-state index in [-0.39, 0.29) is 4.83 Å². The van der Waals surface area contributed by atoms with Crippen LogP contribution in [0.1, 0.15) is 21.5 Å². The first-order valence-electron chi connectivity index (χ1n) is 6.19. The molecule has 2 rings (SSSR count). The molecule has 2 aromatic rings. The molecule has 0 saturated heterocycles. The van der Waals surface area contributed by atoms with Gasteiger partial charge in [-0.3, -0.25) is 0 Å². The fourth-order valence-corrected chi connectivity index (χ4v) is 3.62. The Morgan fingerprint density at radius 3 is 2.40 bits per heavy atom. The molecule has 2 aromatic carbocycles. The summed E-state index contributed by atoms with van der Waals surface area (Å²) in [5.74, 6) is 1.59. The van der Waals surface area contributed by atoms with Crippen molar-refractivity contribution in [3.05, 3.63) is 57.6 Å². The molecule has 106 valence electrons. The number of aryl methyl sites for hydroxylation is 1. The van der Waals surface area contributed by atoms with Gasteiger partial charge in [0.2, 0.25) is 0 Å². The predicted molar refractivity (Wildman–Crippen MR) is 89.2 cm³/mol. The third-order valence-corrected chi connectivity index (χ3v) is 5.28. The lowest BCUT2D eigenvalue weighted by molar-refractivity contribution is 0.391. The highest BCUT2D eigenvalue weighted by atomic mass is 79.9. The first-order chi connectivity index (χ1) is 9.58. The van der Waals surface area contributed by atoms with Crippen LogP contribution in [0.15, 0.2) is 40.9 Å². The minimum absolute atomic E-state index is 0.0534. The van der Waals surface area contributed by atoms with E-state index in [4.69, 9.17) is 9.47 Å². The summed E-state index contributed by atoms with van der Waals surface area (Å²) < 4.78 is 11.8. The fraction of sp³-hybridized carbons (Fsp3) is 0.250. The number of benzene rings is 2. The third kappa shape index (κ3) is 3.01. The van der Waals surface area contributed by atoms with Crippen molar-refractivity contribution in [2.24, 2.45) is 0 Å². The van der Waals surface area contributed by atoms with E-state index in [0.717, 1.165) is 21.5 Å². The number of rotatable bonds is 4. The summed E-state index contributed by atoms with van der Waals surface area (Å²) in [4.78, 5) is 0.0534. The molecule has 2 nitrogen and oxygen atoms in total. The van der Waals surface area contributed by atoms with Gasteiger partial charge in [-0.15, -0.1) is 0 Å². The van der Waals surface area contributed by atoms with Gasteiger partial charge in [-0.1, -0.05) is 56.1 Å². The monoisotopic (exact) mass is 398 g/mol. The van der Waals surface area contributed by atoms with E-state index < -0.39 is 0 Å². The number of halogens is 2. The summed E-state index contributed by atoms with van der Waals surface area (Å²) >= 11 is 7.42. The lowest BCUT2D eigenvalue weighted by atomic mass is 10.0. The Kier molecular flexibility index (Phi) is 5.11. The van der Waals surface area contributed by atoms with Crippen LogP contribution in [0.2, 0.25) is 0 Å². The molecular formula is C16H16Br2O2. The standard InChI is InChI=1S/C16H16Br2O2/c1-10-5-4-6-13(15(10)17)16(18)12-8-7-11(19-2)9-14(12)20-3/h4-9,16H,1-3H3. The van der Waals surface area contributed by atoms with E-state index >= 15 is 0 Å². The van der Waals surface area contributed by atoms with Crippen LogP contribution >= 0.6 is 31.9 Å². The largest absolute Gasteiger partial charge is 0.497 e. The van der Waals surface area contributed by atoms with Crippen molar-refractivity contribution < 1.29 is 9.47 Å². The van der Waals surface area contributed by atoms with Crippen molar-refractivity contribution >= 4 is 31.9 Å². The summed E-state index contributed by atoms with van der Waals surface area (Å²) in [5.41, 5.74) is 3.45. The van der Waals surface area contributed by atoms with E-state index in [9.17, 15) is 0 Å². The van der Waals surface area contributed by atoms with E-state index in [1.807, 2.05) is 18.2 Å². The molecule has 1 atom stereocenters. The maximum absolute atomic E-state index is 5.48. The summed E-state index contributed by atoms with van der Waals surface area (Å²) in [6.07, 6.45) is 0. The van der Waals surface area contributed by atoms with Crippen LogP contribution < -0.4 is 9.47 Å². The maximum atomic E-state index is 5.48. The van der Waals surface area contributed by atoms with Gasteiger partial charge in [-0.2, -0.15) is 0 Å². The van der Waals surface area contributed by atoms with Gasteiger partial charge >= 0.3 is 0 Å². The van der Waals surface area contributed by atoms with Crippen molar-refractivity contribution in [2.45, 2.75) is 11.8 Å². The van der Waals surface area contributed by atoms with Gasteiger partial charge in [-0.25, -0.2) is 0 Å². The summed E-state index contributed by atoms with van der Waals surface area (Å²) in [6, 6.07) is 12.1. The van der Waals surface area contributed by atoms with Crippen LogP contribution in [0, 0.1) is 6.92 Å². The van der Waals surface area contributed by atoms with E-state index in [1.165, 1.54) is 11.1 Å². The first-order valence-corrected chi connectivity index (χ1v) is 7.90. The van der Waals surface area contributed by atoms with E-state index in [2.05, 4.69) is 57.0 Å². The summed E-state index contributed by atoms with van der Waals surface area (Å²) in [5, 5.41) is 0. The zero-order valence-corrected chi connectivity index (χ0v) is 14.8. The highest BCUT2D eigenvalue weighted by Crippen LogP contribution is 2.41. The summed E-state index contributed by atoms with van der Waals surface area (Å²) in [6.45, 7) is 2.08. The Labute approximate surface area is 136 Å². The van der Waals surface area contributed by atoms with Gasteiger partial charge in [0, 0.05) is 16.1 Å². The molecule has 0 spiro atoms. The van der Waals surface area contributed by atoms with Crippen LogP contribution in [0.25, 0.3) is 0 Å². The molecule has 0 aromatic heterocycles. The average Bonchev–Trinajstić information content (AvgIpc) is 2.48. The molecule has 0 aliphatic rings. The smallest absolute Gasteiger partial charge is 0.127 e. The van der Waals surface area contributed by atoms with E-state index in [1.54, 1.807) is 14.2 Å². The van der Waals surface area contributed by atoms with Crippen molar-refractivity contribution in [3.8, 4) is 11.5 Å². The van der Waals surface area contributed by atoms with Crippen molar-refractivity contribution in [3.63, 3.8) is 0 Å². The maximum Gasteiger partial charge on any atom is 0.127 e. The molecule has 0 saturated carbocycles. The molecule has 0 radical (unpaired) electrons. The Balaban J connectivity index is 2.47. The molecular weight excluding hydrogens is 384 g/mol. The normalized spacial score (nSPS) is 12.1. The van der Waals surface area contributed by atoms with Crippen LogP contribution in [-0.2, 0) is 0 Å². The van der Waals surface area contributed by atoms with Crippen LogP contribution in [0.3, 0.4) is 0 Å².